The zero-order valence-electron chi connectivity index (χ0n) is 14.3. The van der Waals surface area contributed by atoms with Gasteiger partial charge in [0.15, 0.2) is 0 Å². The lowest BCUT2D eigenvalue weighted by molar-refractivity contribution is 0.475. The predicted molar refractivity (Wildman–Crippen MR) is 97.4 cm³/mol. The Bertz CT molecular complexity index is 589. The molecule has 0 aliphatic carbocycles. The van der Waals surface area contributed by atoms with Gasteiger partial charge >= 0.3 is 0 Å². The van der Waals surface area contributed by atoms with Crippen LogP contribution in [0.1, 0.15) is 49.8 Å². The van der Waals surface area contributed by atoms with Gasteiger partial charge in [-0.3, -0.25) is 0 Å². The smallest absolute Gasteiger partial charge is 0.115 e. The summed E-state index contributed by atoms with van der Waals surface area (Å²) in [5.41, 5.74) is 9.59. The van der Waals surface area contributed by atoms with Crippen LogP contribution in [0.5, 0.6) is 5.75 Å². The van der Waals surface area contributed by atoms with Crippen molar-refractivity contribution in [1.82, 2.24) is 0 Å². The molecule has 0 atom stereocenters. The summed E-state index contributed by atoms with van der Waals surface area (Å²) in [5, 5.41) is 9.57. The number of nitrogens with two attached hydrogens (primary N) is 1. The van der Waals surface area contributed by atoms with E-state index in [1.54, 1.807) is 12.1 Å². The fraction of sp³-hybridized carbons (Fsp3) is 0.381. The summed E-state index contributed by atoms with van der Waals surface area (Å²) in [4.78, 5) is 0. The highest BCUT2D eigenvalue weighted by molar-refractivity contribution is 5.50. The highest BCUT2D eigenvalue weighted by Crippen LogP contribution is 2.32. The van der Waals surface area contributed by atoms with Crippen molar-refractivity contribution >= 4 is 0 Å². The molecule has 0 amide bonds. The second kappa shape index (κ2) is 8.73. The quantitative estimate of drug-likeness (QED) is 0.695. The molecule has 2 aromatic rings. The van der Waals surface area contributed by atoms with E-state index in [-0.39, 0.29) is 0 Å². The van der Waals surface area contributed by atoms with Gasteiger partial charge in [-0.1, -0.05) is 56.7 Å². The maximum absolute atomic E-state index is 9.57. The van der Waals surface area contributed by atoms with E-state index in [9.17, 15) is 5.11 Å². The summed E-state index contributed by atoms with van der Waals surface area (Å²) in [6, 6.07) is 16.3. The molecule has 23 heavy (non-hydrogen) atoms. The number of phenols is 1. The lowest BCUT2D eigenvalue weighted by Gasteiger charge is -2.21. The number of rotatable bonds is 8. The van der Waals surface area contributed by atoms with E-state index in [2.05, 4.69) is 38.1 Å². The monoisotopic (exact) mass is 310 g/mol. The molecule has 0 heterocycles. The van der Waals surface area contributed by atoms with Crippen LogP contribution < -0.4 is 5.73 Å². The van der Waals surface area contributed by atoms with E-state index in [1.807, 2.05) is 12.1 Å². The van der Waals surface area contributed by atoms with Gasteiger partial charge in [-0.15, -0.1) is 0 Å². The molecule has 0 saturated carbocycles. The van der Waals surface area contributed by atoms with Gasteiger partial charge in [0, 0.05) is 5.92 Å². The summed E-state index contributed by atoms with van der Waals surface area (Å²) >= 11 is 0. The highest BCUT2D eigenvalue weighted by Gasteiger charge is 2.18. The first-order valence-electron chi connectivity index (χ1n) is 8.55. The van der Waals surface area contributed by atoms with E-state index in [0.717, 1.165) is 32.2 Å². The van der Waals surface area contributed by atoms with Crippen LogP contribution in [0, 0.1) is 11.8 Å². The van der Waals surface area contributed by atoms with Crippen molar-refractivity contribution in [2.24, 2.45) is 11.7 Å². The minimum atomic E-state index is 0.311. The van der Waals surface area contributed by atoms with Crippen molar-refractivity contribution < 1.29 is 5.11 Å². The number of hydrogen-bond acceptors (Lipinski definition) is 2. The van der Waals surface area contributed by atoms with E-state index in [1.165, 1.54) is 22.6 Å². The molecule has 0 bridgehead atoms. The average Bonchev–Trinajstić information content (AvgIpc) is 2.53. The minimum Gasteiger partial charge on any atom is -0.508 e. The molecule has 2 heteroatoms. The Hall–Kier alpha value is -1.80. The summed E-state index contributed by atoms with van der Waals surface area (Å²) < 4.78 is 0. The van der Waals surface area contributed by atoms with Gasteiger partial charge in [0.2, 0.25) is 0 Å². The highest BCUT2D eigenvalue weighted by atomic mass is 16.3. The van der Waals surface area contributed by atoms with Crippen molar-refractivity contribution in [3.63, 3.8) is 0 Å². The number of phenolic OH excluding ortho intramolecular Hbond substituents is 1. The van der Waals surface area contributed by atoms with Crippen molar-refractivity contribution in [3.05, 3.63) is 71.1 Å². The second-order valence-corrected chi connectivity index (χ2v) is 6.53. The SMILES string of the molecule is CC(C)Cc1ccccc1[C](CCCCN)c1ccc(O)cc1. The van der Waals surface area contributed by atoms with Gasteiger partial charge < -0.3 is 10.8 Å². The van der Waals surface area contributed by atoms with Crippen LogP contribution >= 0.6 is 0 Å². The maximum Gasteiger partial charge on any atom is 0.115 e. The molecular formula is C21H28NO. The maximum atomic E-state index is 9.57. The fourth-order valence-electron chi connectivity index (χ4n) is 2.98. The molecule has 0 unspecified atom stereocenters. The van der Waals surface area contributed by atoms with Gasteiger partial charge in [-0.05, 0) is 60.5 Å². The van der Waals surface area contributed by atoms with Gasteiger partial charge in [0.1, 0.15) is 5.75 Å². The van der Waals surface area contributed by atoms with Crippen molar-refractivity contribution in [2.45, 2.75) is 39.5 Å². The standard InChI is InChI=1S/C21H28NO/c1-16(2)15-18-7-3-4-8-21(18)20(9-5-6-14-22)17-10-12-19(23)13-11-17/h3-4,7-8,10-13,16,23H,5-6,9,14-15,22H2,1-2H3. The fourth-order valence-corrected chi connectivity index (χ4v) is 2.98. The Kier molecular flexibility index (Phi) is 6.66. The molecule has 0 aliphatic rings. The molecule has 0 aromatic heterocycles. The number of aromatic hydroxyl groups is 1. The molecule has 3 N–H and O–H groups in total. The van der Waals surface area contributed by atoms with Crippen LogP contribution in [0.2, 0.25) is 0 Å². The van der Waals surface area contributed by atoms with Crippen molar-refractivity contribution in [3.8, 4) is 5.75 Å². The van der Waals surface area contributed by atoms with Crippen LogP contribution in [0.15, 0.2) is 48.5 Å². The number of unbranched alkanes of at least 4 members (excludes halogenated alkanes) is 1. The van der Waals surface area contributed by atoms with Crippen LogP contribution in [-0.4, -0.2) is 11.7 Å². The first-order valence-corrected chi connectivity index (χ1v) is 8.55. The number of hydrogen-bond donors (Lipinski definition) is 2. The van der Waals surface area contributed by atoms with E-state index in [0.29, 0.717) is 11.7 Å². The molecule has 123 valence electrons. The van der Waals surface area contributed by atoms with Gasteiger partial charge in [-0.25, -0.2) is 0 Å². The Morgan fingerprint density at radius 1 is 1.00 bits per heavy atom. The molecule has 0 spiro atoms. The van der Waals surface area contributed by atoms with Crippen molar-refractivity contribution in [1.29, 1.82) is 0 Å². The summed E-state index contributed by atoms with van der Waals surface area (Å²) in [5.74, 6) is 2.29. The first kappa shape index (κ1) is 17.6. The zero-order valence-corrected chi connectivity index (χ0v) is 14.3. The lowest BCUT2D eigenvalue weighted by atomic mass is 9.82. The minimum absolute atomic E-state index is 0.311. The molecule has 1 radical (unpaired) electrons. The van der Waals surface area contributed by atoms with Crippen LogP contribution in [0.25, 0.3) is 0 Å². The Labute approximate surface area is 140 Å². The Morgan fingerprint density at radius 3 is 2.35 bits per heavy atom. The lowest BCUT2D eigenvalue weighted by Crippen LogP contribution is -2.09. The van der Waals surface area contributed by atoms with Crippen LogP contribution in [0.4, 0.5) is 0 Å². The topological polar surface area (TPSA) is 46.2 Å². The summed E-state index contributed by atoms with van der Waals surface area (Å²) in [7, 11) is 0. The Morgan fingerprint density at radius 2 is 1.70 bits per heavy atom. The van der Waals surface area contributed by atoms with E-state index >= 15 is 0 Å². The third-order valence-electron chi connectivity index (χ3n) is 4.07. The third kappa shape index (κ3) is 5.11. The molecule has 2 aromatic carbocycles. The predicted octanol–water partition coefficient (Wildman–Crippen LogP) is 4.69. The van der Waals surface area contributed by atoms with Crippen molar-refractivity contribution in [2.75, 3.05) is 6.54 Å². The van der Waals surface area contributed by atoms with Crippen LogP contribution in [0.3, 0.4) is 0 Å². The molecule has 0 saturated heterocycles. The molecule has 0 fully saturated rings. The summed E-state index contributed by atoms with van der Waals surface area (Å²) in [6.45, 7) is 5.24. The Balaban J connectivity index is 2.34. The summed E-state index contributed by atoms with van der Waals surface area (Å²) in [6.07, 6.45) is 4.21. The van der Waals surface area contributed by atoms with E-state index < -0.39 is 0 Å². The first-order chi connectivity index (χ1) is 11.1. The molecule has 0 aliphatic heterocycles. The van der Waals surface area contributed by atoms with Gasteiger partial charge in [0.05, 0.1) is 0 Å². The largest absolute Gasteiger partial charge is 0.508 e. The molecular weight excluding hydrogens is 282 g/mol. The normalized spacial score (nSPS) is 11.3. The van der Waals surface area contributed by atoms with E-state index in [4.69, 9.17) is 5.73 Å². The van der Waals surface area contributed by atoms with Gasteiger partial charge in [-0.2, -0.15) is 0 Å². The molecule has 2 nitrogen and oxygen atoms in total. The number of benzene rings is 2. The third-order valence-corrected chi connectivity index (χ3v) is 4.07. The molecule has 2 rings (SSSR count). The van der Waals surface area contributed by atoms with Gasteiger partial charge in [0.25, 0.3) is 0 Å². The zero-order chi connectivity index (χ0) is 16.7. The average molecular weight is 310 g/mol. The van der Waals surface area contributed by atoms with Crippen LogP contribution in [-0.2, 0) is 6.42 Å². The second-order valence-electron chi connectivity index (χ2n) is 6.53.